The number of piperazine rings is 1. The zero-order valence-corrected chi connectivity index (χ0v) is 18.8. The van der Waals surface area contributed by atoms with Crippen molar-refractivity contribution in [2.45, 2.75) is 26.8 Å². The van der Waals surface area contributed by atoms with Crippen LogP contribution in [0.1, 0.15) is 17.8 Å². The van der Waals surface area contributed by atoms with E-state index in [1.165, 1.54) is 10.3 Å². The molecule has 0 radical (unpaired) electrons. The summed E-state index contributed by atoms with van der Waals surface area (Å²) in [6, 6.07) is 10.6. The molecule has 4 aromatic rings. The summed E-state index contributed by atoms with van der Waals surface area (Å²) in [5.74, 6) is 0.718. The van der Waals surface area contributed by atoms with Crippen LogP contribution in [0, 0.1) is 13.8 Å². The van der Waals surface area contributed by atoms with Crippen molar-refractivity contribution in [3.8, 4) is 0 Å². The Morgan fingerprint density at radius 1 is 0.969 bits per heavy atom. The molecule has 0 bridgehead atoms. The number of para-hydroxylation sites is 1. The zero-order chi connectivity index (χ0) is 22.4. The summed E-state index contributed by atoms with van der Waals surface area (Å²) >= 11 is 0. The molecule has 1 aliphatic rings. The molecule has 1 N–H and O–H groups in total. The molecule has 0 atom stereocenters. The zero-order valence-electron chi connectivity index (χ0n) is 18.8. The molecule has 0 amide bonds. The number of aryl methyl sites for hydroxylation is 3. The van der Waals surface area contributed by atoms with Crippen LogP contribution in [-0.2, 0) is 13.6 Å². The molecule has 168 valence electrons. The van der Waals surface area contributed by atoms with Crippen molar-refractivity contribution in [1.82, 2.24) is 28.4 Å². The average molecular weight is 436 g/mol. The minimum Gasteiger partial charge on any atom is -0.369 e. The molecule has 1 aromatic carbocycles. The number of imidazole rings is 2. The van der Waals surface area contributed by atoms with Gasteiger partial charge in [-0.15, -0.1) is 0 Å². The predicted octanol–water partition coefficient (Wildman–Crippen LogP) is 1.51. The van der Waals surface area contributed by atoms with Crippen LogP contribution in [0.15, 0.2) is 39.9 Å². The van der Waals surface area contributed by atoms with Crippen LogP contribution in [-0.4, -0.2) is 61.1 Å². The molecule has 32 heavy (non-hydrogen) atoms. The molecule has 0 unspecified atom stereocenters. The minimum atomic E-state index is -0.446. The van der Waals surface area contributed by atoms with Gasteiger partial charge in [-0.05, 0) is 38.9 Å². The summed E-state index contributed by atoms with van der Waals surface area (Å²) in [4.78, 5) is 36.5. The van der Waals surface area contributed by atoms with Gasteiger partial charge in [0.2, 0.25) is 5.78 Å². The molecule has 1 aliphatic heterocycles. The molecule has 4 heterocycles. The monoisotopic (exact) mass is 435 g/mol. The summed E-state index contributed by atoms with van der Waals surface area (Å²) in [5.41, 5.74) is 3.37. The van der Waals surface area contributed by atoms with Crippen molar-refractivity contribution in [2.75, 3.05) is 37.6 Å². The first-order chi connectivity index (χ1) is 15.5. The second-order valence-corrected chi connectivity index (χ2v) is 8.58. The van der Waals surface area contributed by atoms with Crippen molar-refractivity contribution >= 4 is 22.6 Å². The van der Waals surface area contributed by atoms with Gasteiger partial charge in [0.1, 0.15) is 0 Å². The number of aromatic nitrogens is 5. The largest absolute Gasteiger partial charge is 0.369 e. The highest BCUT2D eigenvalue weighted by Crippen LogP contribution is 2.21. The van der Waals surface area contributed by atoms with E-state index < -0.39 is 11.2 Å². The second kappa shape index (κ2) is 7.98. The molecule has 0 spiro atoms. The molecule has 3 aromatic heterocycles. The van der Waals surface area contributed by atoms with Crippen LogP contribution in [0.4, 0.5) is 5.69 Å². The van der Waals surface area contributed by atoms with Gasteiger partial charge in [0.25, 0.3) is 5.56 Å². The van der Waals surface area contributed by atoms with Gasteiger partial charge in [-0.25, -0.2) is 4.79 Å². The van der Waals surface area contributed by atoms with Gasteiger partial charge in [-0.2, -0.15) is 4.98 Å². The number of anilines is 1. The normalized spacial score (nSPS) is 15.3. The van der Waals surface area contributed by atoms with Gasteiger partial charge >= 0.3 is 5.69 Å². The molecule has 5 rings (SSSR count). The lowest BCUT2D eigenvalue weighted by atomic mass is 10.2. The summed E-state index contributed by atoms with van der Waals surface area (Å²) in [6.07, 6.45) is 0.994. The lowest BCUT2D eigenvalue weighted by Crippen LogP contribution is -2.46. The van der Waals surface area contributed by atoms with E-state index in [0.717, 1.165) is 62.9 Å². The fourth-order valence-corrected chi connectivity index (χ4v) is 4.77. The highest BCUT2D eigenvalue weighted by Gasteiger charge is 2.21. The fourth-order valence-electron chi connectivity index (χ4n) is 4.77. The van der Waals surface area contributed by atoms with Crippen LogP contribution >= 0.6 is 0 Å². The van der Waals surface area contributed by atoms with Crippen molar-refractivity contribution in [2.24, 2.45) is 7.05 Å². The summed E-state index contributed by atoms with van der Waals surface area (Å²) in [6.45, 7) is 10.1. The van der Waals surface area contributed by atoms with E-state index in [9.17, 15) is 9.59 Å². The van der Waals surface area contributed by atoms with E-state index in [4.69, 9.17) is 0 Å². The smallest absolute Gasteiger partial charge is 0.329 e. The predicted molar refractivity (Wildman–Crippen MR) is 126 cm³/mol. The maximum absolute atomic E-state index is 12.5. The van der Waals surface area contributed by atoms with Crippen LogP contribution in [0.3, 0.4) is 0 Å². The number of H-pyrrole nitrogens is 1. The van der Waals surface area contributed by atoms with Crippen LogP contribution in [0.25, 0.3) is 16.9 Å². The number of hydrogen-bond donors (Lipinski definition) is 1. The SMILES string of the molecule is Cc1c(C)n2c3c(=O)[nH]c(=O)n(C)c3nc2n1CCCN1CCN(c2ccccc2)CC1. The Labute approximate surface area is 185 Å². The Morgan fingerprint density at radius 2 is 1.69 bits per heavy atom. The second-order valence-electron chi connectivity index (χ2n) is 8.58. The lowest BCUT2D eigenvalue weighted by molar-refractivity contribution is 0.250. The molecule has 9 nitrogen and oxygen atoms in total. The van der Waals surface area contributed by atoms with E-state index in [0.29, 0.717) is 11.2 Å². The number of benzene rings is 1. The van der Waals surface area contributed by atoms with Gasteiger partial charge in [0.05, 0.1) is 0 Å². The number of nitrogens with one attached hydrogen (secondary N) is 1. The molecule has 0 saturated carbocycles. The van der Waals surface area contributed by atoms with Crippen molar-refractivity contribution in [3.63, 3.8) is 0 Å². The Hall–Kier alpha value is -3.33. The lowest BCUT2D eigenvalue weighted by Gasteiger charge is -2.36. The minimum absolute atomic E-state index is 0.396. The first kappa shape index (κ1) is 20.6. The topological polar surface area (TPSA) is 83.6 Å². The van der Waals surface area contributed by atoms with E-state index in [1.807, 2.05) is 11.3 Å². The van der Waals surface area contributed by atoms with E-state index in [2.05, 4.69) is 61.6 Å². The number of hydrogen-bond acceptors (Lipinski definition) is 5. The Kier molecular flexibility index (Phi) is 5.13. The quantitative estimate of drug-likeness (QED) is 0.514. The van der Waals surface area contributed by atoms with E-state index in [1.54, 1.807) is 7.05 Å². The number of rotatable bonds is 5. The van der Waals surface area contributed by atoms with E-state index >= 15 is 0 Å². The number of nitrogens with zero attached hydrogens (tertiary/aromatic N) is 6. The molecular weight excluding hydrogens is 406 g/mol. The third-order valence-electron chi connectivity index (χ3n) is 6.75. The summed E-state index contributed by atoms with van der Waals surface area (Å²) in [5, 5.41) is 0. The first-order valence-electron chi connectivity index (χ1n) is 11.1. The van der Waals surface area contributed by atoms with Crippen molar-refractivity contribution in [3.05, 3.63) is 62.6 Å². The molecule has 9 heteroatoms. The Balaban J connectivity index is 1.31. The average Bonchev–Trinajstić information content (AvgIpc) is 3.30. The van der Waals surface area contributed by atoms with Gasteiger partial charge in [0.15, 0.2) is 11.2 Å². The highest BCUT2D eigenvalue weighted by molar-refractivity contribution is 5.76. The van der Waals surface area contributed by atoms with Crippen molar-refractivity contribution < 1.29 is 0 Å². The molecule has 0 aliphatic carbocycles. The maximum Gasteiger partial charge on any atom is 0.329 e. The van der Waals surface area contributed by atoms with Crippen LogP contribution in [0.2, 0.25) is 0 Å². The van der Waals surface area contributed by atoms with Gasteiger partial charge in [-0.1, -0.05) is 18.2 Å². The third kappa shape index (κ3) is 3.33. The number of aromatic amines is 1. The molecular formula is C23H29N7O2. The van der Waals surface area contributed by atoms with Crippen molar-refractivity contribution in [1.29, 1.82) is 0 Å². The Bertz CT molecular complexity index is 1390. The standard InChI is InChI=1S/C23H29N7O2/c1-16-17(2)30-19-20(26(3)23(32)25-21(19)31)24-22(30)29(16)11-7-10-27-12-14-28(15-13-27)18-8-5-4-6-9-18/h4-6,8-9H,7,10-15H2,1-3H3,(H,25,31,32). The molecule has 1 saturated heterocycles. The van der Waals surface area contributed by atoms with Crippen LogP contribution in [0.5, 0.6) is 0 Å². The number of fused-ring (bicyclic) bond motifs is 3. The third-order valence-corrected chi connectivity index (χ3v) is 6.75. The fraction of sp³-hybridized carbons (Fsp3) is 0.435. The van der Waals surface area contributed by atoms with Gasteiger partial charge in [0, 0.05) is 56.8 Å². The summed E-state index contributed by atoms with van der Waals surface area (Å²) in [7, 11) is 1.63. The van der Waals surface area contributed by atoms with Crippen LogP contribution < -0.4 is 16.1 Å². The summed E-state index contributed by atoms with van der Waals surface area (Å²) < 4.78 is 5.44. The van der Waals surface area contributed by atoms with E-state index in [-0.39, 0.29) is 0 Å². The van der Waals surface area contributed by atoms with Gasteiger partial charge < -0.3 is 9.47 Å². The van der Waals surface area contributed by atoms with Gasteiger partial charge in [-0.3, -0.25) is 23.6 Å². The Morgan fingerprint density at radius 3 is 2.41 bits per heavy atom. The molecule has 1 fully saturated rings. The first-order valence-corrected chi connectivity index (χ1v) is 11.1. The maximum atomic E-state index is 12.5. The highest BCUT2D eigenvalue weighted by atomic mass is 16.2.